The van der Waals surface area contributed by atoms with Crippen molar-refractivity contribution < 1.29 is 0 Å². The second kappa shape index (κ2) is 13.9. The molecule has 6 rings (SSSR count). The first-order valence-corrected chi connectivity index (χ1v) is 16.3. The molecule has 7 heteroatoms. The van der Waals surface area contributed by atoms with E-state index < -0.39 is 0 Å². The lowest BCUT2D eigenvalue weighted by atomic mass is 9.94. The second-order valence-corrected chi connectivity index (χ2v) is 12.5. The molecule has 0 radical (unpaired) electrons. The number of anilines is 10. The number of nitrogens with one attached hydrogen (secondary N) is 1. The summed E-state index contributed by atoms with van der Waals surface area (Å²) in [6, 6.07) is 41.6. The summed E-state index contributed by atoms with van der Waals surface area (Å²) in [7, 11) is 8.43. The van der Waals surface area contributed by atoms with Gasteiger partial charge in [0, 0.05) is 102 Å². The Kier molecular flexibility index (Phi) is 9.30. The summed E-state index contributed by atoms with van der Waals surface area (Å²) in [6.45, 7) is 2.29. The molecule has 244 valence electrons. The fraction of sp³-hybridized carbons (Fsp3) is 0.171. The van der Waals surface area contributed by atoms with Gasteiger partial charge in [0.05, 0.1) is 0 Å². The topological polar surface area (TPSA) is 77.0 Å². The van der Waals surface area contributed by atoms with Gasteiger partial charge in [-0.15, -0.1) is 0 Å². The van der Waals surface area contributed by atoms with Gasteiger partial charge in [0.2, 0.25) is 0 Å². The minimum Gasteiger partial charge on any atom is -0.399 e. The fourth-order valence-electron chi connectivity index (χ4n) is 6.14. The first-order chi connectivity index (χ1) is 23.2. The van der Waals surface area contributed by atoms with Gasteiger partial charge in [0.1, 0.15) is 0 Å². The molecular weight excluding hydrogens is 591 g/mol. The van der Waals surface area contributed by atoms with Crippen LogP contribution in [0.3, 0.4) is 0 Å². The molecule has 0 bridgehead atoms. The molecule has 0 amide bonds. The number of nitrogens with two attached hydrogens (primary N) is 2. The van der Waals surface area contributed by atoms with Gasteiger partial charge < -0.3 is 36.4 Å². The van der Waals surface area contributed by atoms with E-state index >= 15 is 0 Å². The lowest BCUT2D eigenvalue weighted by molar-refractivity contribution is 0.630. The highest BCUT2D eigenvalue weighted by Crippen LogP contribution is 2.34. The van der Waals surface area contributed by atoms with Crippen LogP contribution in [0.25, 0.3) is 0 Å². The monoisotopic (exact) mass is 635 g/mol. The fourth-order valence-corrected chi connectivity index (χ4v) is 6.14. The zero-order valence-electron chi connectivity index (χ0n) is 28.4. The van der Waals surface area contributed by atoms with Crippen molar-refractivity contribution in [3.8, 4) is 0 Å². The Hall–Kier alpha value is -5.82. The maximum absolute atomic E-state index is 5.89. The van der Waals surface area contributed by atoms with Crippen molar-refractivity contribution >= 4 is 56.9 Å². The van der Waals surface area contributed by atoms with Gasteiger partial charge in [-0.3, -0.25) is 0 Å². The van der Waals surface area contributed by atoms with Gasteiger partial charge in [-0.05, 0) is 140 Å². The third kappa shape index (κ3) is 7.10. The lowest BCUT2D eigenvalue weighted by Gasteiger charge is -2.33. The van der Waals surface area contributed by atoms with E-state index in [1.54, 1.807) is 0 Å². The molecule has 0 aliphatic heterocycles. The number of nitrogens with zero attached hydrogens (tertiary/aromatic N) is 4. The zero-order chi connectivity index (χ0) is 33.8. The van der Waals surface area contributed by atoms with E-state index in [0.717, 1.165) is 57.6 Å². The SMILES string of the molecule is C[C@H]1CC(N(C)c2ccc(N(C)c3ccc(Nc4ccc(N(C)c5ccc(N)cc5)cc4)cc3)cc2)=CC=C1N(C)c1ccc(N)cc1. The molecule has 1 aliphatic carbocycles. The van der Waals surface area contributed by atoms with Crippen LogP contribution in [-0.2, 0) is 0 Å². The van der Waals surface area contributed by atoms with Gasteiger partial charge in [0.15, 0.2) is 0 Å². The van der Waals surface area contributed by atoms with E-state index in [-0.39, 0.29) is 0 Å². The second-order valence-electron chi connectivity index (χ2n) is 12.5. The van der Waals surface area contributed by atoms with Crippen LogP contribution in [0.5, 0.6) is 0 Å². The largest absolute Gasteiger partial charge is 0.399 e. The Bertz CT molecular complexity index is 1880. The van der Waals surface area contributed by atoms with Crippen molar-refractivity contribution in [3.05, 3.63) is 145 Å². The summed E-state index contributed by atoms with van der Waals surface area (Å²) in [5.41, 5.74) is 24.7. The van der Waals surface area contributed by atoms with E-state index in [9.17, 15) is 0 Å². The Labute approximate surface area is 285 Å². The average molecular weight is 636 g/mol. The third-order valence-corrected chi connectivity index (χ3v) is 9.27. The lowest BCUT2D eigenvalue weighted by Crippen LogP contribution is -2.27. The highest BCUT2D eigenvalue weighted by molar-refractivity contribution is 5.71. The summed E-state index contributed by atoms with van der Waals surface area (Å²) in [4.78, 5) is 8.90. The van der Waals surface area contributed by atoms with Crippen LogP contribution in [0.2, 0.25) is 0 Å². The minimum absolute atomic E-state index is 0.388. The first kappa shape index (κ1) is 32.1. The van der Waals surface area contributed by atoms with E-state index in [1.807, 2.05) is 36.4 Å². The van der Waals surface area contributed by atoms with Crippen molar-refractivity contribution in [2.24, 2.45) is 5.92 Å². The highest BCUT2D eigenvalue weighted by atomic mass is 15.1. The maximum Gasteiger partial charge on any atom is 0.0409 e. The number of rotatable bonds is 10. The highest BCUT2D eigenvalue weighted by Gasteiger charge is 2.21. The quantitative estimate of drug-likeness (QED) is 0.132. The van der Waals surface area contributed by atoms with Crippen LogP contribution in [-0.4, -0.2) is 28.2 Å². The van der Waals surface area contributed by atoms with Crippen molar-refractivity contribution in [1.29, 1.82) is 0 Å². The molecule has 0 spiro atoms. The predicted octanol–water partition coefficient (Wildman–Crippen LogP) is 9.51. The Morgan fingerprint density at radius 1 is 0.458 bits per heavy atom. The molecule has 5 aromatic carbocycles. The minimum atomic E-state index is 0.388. The predicted molar refractivity (Wildman–Crippen MR) is 207 cm³/mol. The summed E-state index contributed by atoms with van der Waals surface area (Å²) in [6.07, 6.45) is 5.45. The summed E-state index contributed by atoms with van der Waals surface area (Å²) < 4.78 is 0. The Balaban J connectivity index is 1.06. The van der Waals surface area contributed by atoms with E-state index in [1.165, 1.54) is 17.1 Å². The van der Waals surface area contributed by atoms with Crippen LogP contribution in [0.4, 0.5) is 56.9 Å². The molecule has 0 saturated carbocycles. The third-order valence-electron chi connectivity index (χ3n) is 9.27. The van der Waals surface area contributed by atoms with E-state index in [2.05, 4.69) is 157 Å². The van der Waals surface area contributed by atoms with Gasteiger partial charge in [0.25, 0.3) is 0 Å². The first-order valence-electron chi connectivity index (χ1n) is 16.3. The van der Waals surface area contributed by atoms with Crippen LogP contribution >= 0.6 is 0 Å². The molecule has 0 heterocycles. The molecule has 0 aromatic heterocycles. The van der Waals surface area contributed by atoms with Crippen molar-refractivity contribution in [3.63, 3.8) is 0 Å². The molecule has 5 aromatic rings. The molecule has 7 nitrogen and oxygen atoms in total. The number of nitrogen functional groups attached to an aromatic ring is 2. The van der Waals surface area contributed by atoms with Gasteiger partial charge >= 0.3 is 0 Å². The molecule has 0 fully saturated rings. The maximum atomic E-state index is 5.89. The van der Waals surface area contributed by atoms with Crippen LogP contribution in [0.1, 0.15) is 13.3 Å². The molecule has 1 atom stereocenters. The van der Waals surface area contributed by atoms with Crippen LogP contribution in [0, 0.1) is 5.92 Å². The number of hydrogen-bond donors (Lipinski definition) is 3. The van der Waals surface area contributed by atoms with Crippen LogP contribution < -0.4 is 36.4 Å². The molecular formula is C41H45N7. The Morgan fingerprint density at radius 3 is 1.19 bits per heavy atom. The number of allylic oxidation sites excluding steroid dienone is 4. The molecule has 5 N–H and O–H groups in total. The summed E-state index contributed by atoms with van der Waals surface area (Å²) >= 11 is 0. The van der Waals surface area contributed by atoms with Crippen LogP contribution in [0.15, 0.2) is 145 Å². The zero-order valence-corrected chi connectivity index (χ0v) is 28.4. The number of benzene rings is 5. The summed E-state index contributed by atoms with van der Waals surface area (Å²) in [5, 5.41) is 3.52. The van der Waals surface area contributed by atoms with Crippen molar-refractivity contribution in [2.45, 2.75) is 13.3 Å². The van der Waals surface area contributed by atoms with Gasteiger partial charge in [-0.1, -0.05) is 6.92 Å². The normalized spacial score (nSPS) is 14.1. The number of hydrogen-bond acceptors (Lipinski definition) is 7. The standard InChI is InChI=1S/C41H45N7/c1-29-28-40(26-27-41(29)48(5)39-16-8-31(43)9-17-39)47(4)38-24-22-37(23-25-38)46(3)36-20-12-33(13-21-36)44-32-10-18-35(19-11-32)45(2)34-14-6-30(42)7-15-34/h6-27,29,44H,28,42-43H2,1-5H3/t29-/m0/s1. The Morgan fingerprint density at radius 2 is 0.792 bits per heavy atom. The molecule has 0 unspecified atom stereocenters. The molecule has 1 aliphatic rings. The average Bonchev–Trinajstić information content (AvgIpc) is 3.12. The van der Waals surface area contributed by atoms with E-state index in [4.69, 9.17) is 11.5 Å². The van der Waals surface area contributed by atoms with Gasteiger partial charge in [-0.2, -0.15) is 0 Å². The van der Waals surface area contributed by atoms with E-state index in [0.29, 0.717) is 5.92 Å². The molecule has 0 saturated heterocycles. The van der Waals surface area contributed by atoms with Gasteiger partial charge in [-0.25, -0.2) is 0 Å². The van der Waals surface area contributed by atoms with Crippen molar-refractivity contribution in [2.75, 3.05) is 64.6 Å². The van der Waals surface area contributed by atoms with Crippen molar-refractivity contribution in [1.82, 2.24) is 0 Å². The molecule has 48 heavy (non-hydrogen) atoms. The summed E-state index contributed by atoms with van der Waals surface area (Å²) in [5.74, 6) is 0.388. The smallest absolute Gasteiger partial charge is 0.0409 e.